The lowest BCUT2D eigenvalue weighted by atomic mass is 10.1. The maximum Gasteiger partial charge on any atom is 0.315 e. The number of carbonyl (C=O) groups is 2. The molecule has 0 aromatic carbocycles. The van der Waals surface area contributed by atoms with Gasteiger partial charge in [0, 0.05) is 12.1 Å². The third kappa shape index (κ3) is 9.05. The average Bonchev–Trinajstić information content (AvgIpc) is 2.08. The van der Waals surface area contributed by atoms with Gasteiger partial charge in [-0.05, 0) is 27.2 Å². The molecule has 88 valence electrons. The second-order valence-corrected chi connectivity index (χ2v) is 4.41. The highest BCUT2D eigenvalue weighted by molar-refractivity contribution is 5.84. The van der Waals surface area contributed by atoms with Crippen LogP contribution in [0.25, 0.3) is 0 Å². The molecule has 0 aliphatic carbocycles. The first-order valence-corrected chi connectivity index (χ1v) is 5.18. The monoisotopic (exact) mass is 215 g/mol. The number of carbonyl (C=O) groups excluding carboxylic acids is 2. The van der Waals surface area contributed by atoms with Gasteiger partial charge in [0.2, 0.25) is 5.91 Å². The smallest absolute Gasteiger partial charge is 0.315 e. The van der Waals surface area contributed by atoms with Crippen LogP contribution in [0.3, 0.4) is 0 Å². The minimum absolute atomic E-state index is 0.00676. The Balaban J connectivity index is 3.67. The summed E-state index contributed by atoms with van der Waals surface area (Å²) in [6, 6.07) is -0.305. The predicted octanol–water partition coefficient (Wildman–Crippen LogP) is 0.610. The van der Waals surface area contributed by atoms with Crippen LogP contribution in [-0.2, 0) is 4.79 Å². The highest BCUT2D eigenvalue weighted by atomic mass is 16.2. The van der Waals surface area contributed by atoms with Gasteiger partial charge in [-0.15, -0.1) is 0 Å². The summed E-state index contributed by atoms with van der Waals surface area (Å²) < 4.78 is 0. The quantitative estimate of drug-likeness (QED) is 0.643. The van der Waals surface area contributed by atoms with Crippen LogP contribution in [-0.4, -0.2) is 30.6 Å². The van der Waals surface area contributed by atoms with Crippen LogP contribution in [0.4, 0.5) is 4.79 Å². The number of hydrogen-bond donors (Lipinski definition) is 3. The largest absolute Gasteiger partial charge is 0.350 e. The fourth-order valence-electron chi connectivity index (χ4n) is 0.924. The molecule has 0 atom stereocenters. The highest BCUT2D eigenvalue weighted by Gasteiger charge is 2.13. The maximum atomic E-state index is 11.3. The Bertz CT molecular complexity index is 221. The van der Waals surface area contributed by atoms with Gasteiger partial charge in [-0.1, -0.05) is 6.92 Å². The summed E-state index contributed by atoms with van der Waals surface area (Å²) in [7, 11) is 0. The van der Waals surface area contributed by atoms with Crippen LogP contribution in [0.15, 0.2) is 0 Å². The standard InChI is InChI=1S/C10H21N3O2/c1-5-6-11-9(15)12-7-8(14)13-10(2,3)4/h5-7H2,1-4H3,(H,13,14)(H2,11,12,15). The number of amides is 3. The fraction of sp³-hybridized carbons (Fsp3) is 0.800. The van der Waals surface area contributed by atoms with E-state index in [1.807, 2.05) is 27.7 Å². The summed E-state index contributed by atoms with van der Waals surface area (Å²) in [6.07, 6.45) is 0.877. The summed E-state index contributed by atoms with van der Waals surface area (Å²) >= 11 is 0. The van der Waals surface area contributed by atoms with E-state index in [1.54, 1.807) is 0 Å². The van der Waals surface area contributed by atoms with Crippen molar-refractivity contribution in [3.8, 4) is 0 Å². The molecule has 5 heteroatoms. The molecule has 3 N–H and O–H groups in total. The zero-order valence-electron chi connectivity index (χ0n) is 9.94. The van der Waals surface area contributed by atoms with Crippen LogP contribution in [0.1, 0.15) is 34.1 Å². The van der Waals surface area contributed by atoms with Crippen LogP contribution in [0.2, 0.25) is 0 Å². The van der Waals surface area contributed by atoms with Crippen molar-refractivity contribution in [2.75, 3.05) is 13.1 Å². The molecule has 0 bridgehead atoms. The Morgan fingerprint density at radius 2 is 1.73 bits per heavy atom. The van der Waals surface area contributed by atoms with Crippen molar-refractivity contribution in [2.24, 2.45) is 0 Å². The molecule has 5 nitrogen and oxygen atoms in total. The molecule has 0 radical (unpaired) electrons. The molecule has 0 heterocycles. The zero-order chi connectivity index (χ0) is 11.9. The van der Waals surface area contributed by atoms with E-state index in [-0.39, 0.29) is 24.0 Å². The minimum Gasteiger partial charge on any atom is -0.350 e. The summed E-state index contributed by atoms with van der Waals surface area (Å²) in [5.41, 5.74) is -0.265. The van der Waals surface area contributed by atoms with Crippen LogP contribution < -0.4 is 16.0 Å². The van der Waals surface area contributed by atoms with Gasteiger partial charge in [-0.3, -0.25) is 4.79 Å². The number of hydrogen-bond acceptors (Lipinski definition) is 2. The van der Waals surface area contributed by atoms with Gasteiger partial charge in [-0.25, -0.2) is 4.79 Å². The lowest BCUT2D eigenvalue weighted by Gasteiger charge is -2.20. The molecule has 0 aromatic rings. The van der Waals surface area contributed by atoms with E-state index in [0.29, 0.717) is 6.54 Å². The SMILES string of the molecule is CCCNC(=O)NCC(=O)NC(C)(C)C. The average molecular weight is 215 g/mol. The Kier molecular flexibility index (Phi) is 5.74. The lowest BCUT2D eigenvalue weighted by Crippen LogP contribution is -2.47. The molecule has 0 spiro atoms. The van der Waals surface area contributed by atoms with Gasteiger partial charge in [0.15, 0.2) is 0 Å². The molecular weight excluding hydrogens is 194 g/mol. The van der Waals surface area contributed by atoms with E-state index in [1.165, 1.54) is 0 Å². The van der Waals surface area contributed by atoms with Crippen molar-refractivity contribution in [1.29, 1.82) is 0 Å². The molecule has 0 saturated carbocycles. The third-order valence-corrected chi connectivity index (χ3v) is 1.46. The van der Waals surface area contributed by atoms with Crippen molar-refractivity contribution in [1.82, 2.24) is 16.0 Å². The van der Waals surface area contributed by atoms with Crippen molar-refractivity contribution >= 4 is 11.9 Å². The molecule has 0 aromatic heterocycles. The predicted molar refractivity (Wildman–Crippen MR) is 59.6 cm³/mol. The second-order valence-electron chi connectivity index (χ2n) is 4.41. The third-order valence-electron chi connectivity index (χ3n) is 1.46. The van der Waals surface area contributed by atoms with Crippen molar-refractivity contribution < 1.29 is 9.59 Å². The summed E-state index contributed by atoms with van der Waals surface area (Å²) in [5, 5.41) is 7.85. The number of rotatable bonds is 4. The molecule has 0 aliphatic rings. The molecule has 15 heavy (non-hydrogen) atoms. The van der Waals surface area contributed by atoms with Crippen LogP contribution in [0, 0.1) is 0 Å². The van der Waals surface area contributed by atoms with E-state index in [9.17, 15) is 9.59 Å². The van der Waals surface area contributed by atoms with Crippen LogP contribution >= 0.6 is 0 Å². The van der Waals surface area contributed by atoms with Gasteiger partial charge in [0.25, 0.3) is 0 Å². The summed E-state index contributed by atoms with van der Waals surface area (Å²) in [5.74, 6) is -0.186. The fourth-order valence-corrected chi connectivity index (χ4v) is 0.924. The molecule has 0 fully saturated rings. The zero-order valence-corrected chi connectivity index (χ0v) is 9.94. The summed E-state index contributed by atoms with van der Waals surface area (Å²) in [6.45, 7) is 8.26. The second kappa shape index (κ2) is 6.27. The van der Waals surface area contributed by atoms with E-state index in [4.69, 9.17) is 0 Å². The Morgan fingerprint density at radius 3 is 2.20 bits per heavy atom. The van der Waals surface area contributed by atoms with E-state index >= 15 is 0 Å². The molecule has 0 rings (SSSR count). The first-order valence-electron chi connectivity index (χ1n) is 5.18. The van der Waals surface area contributed by atoms with Crippen molar-refractivity contribution in [3.05, 3.63) is 0 Å². The highest BCUT2D eigenvalue weighted by Crippen LogP contribution is 1.96. The van der Waals surface area contributed by atoms with Gasteiger partial charge in [0.1, 0.15) is 0 Å². The first-order chi connectivity index (χ1) is 6.85. The Labute approximate surface area is 91.0 Å². The molecule has 3 amide bonds. The summed E-state index contributed by atoms with van der Waals surface area (Å²) in [4.78, 5) is 22.4. The van der Waals surface area contributed by atoms with Gasteiger partial charge >= 0.3 is 6.03 Å². The van der Waals surface area contributed by atoms with E-state index in [0.717, 1.165) is 6.42 Å². The lowest BCUT2D eigenvalue weighted by molar-refractivity contribution is -0.121. The van der Waals surface area contributed by atoms with Crippen LogP contribution in [0.5, 0.6) is 0 Å². The Morgan fingerprint density at radius 1 is 1.13 bits per heavy atom. The number of urea groups is 1. The molecule has 0 unspecified atom stereocenters. The topological polar surface area (TPSA) is 70.2 Å². The maximum absolute atomic E-state index is 11.3. The van der Waals surface area contributed by atoms with Crippen molar-refractivity contribution in [3.63, 3.8) is 0 Å². The van der Waals surface area contributed by atoms with Crippen molar-refractivity contribution in [2.45, 2.75) is 39.7 Å². The molecule has 0 aliphatic heterocycles. The van der Waals surface area contributed by atoms with E-state index < -0.39 is 0 Å². The van der Waals surface area contributed by atoms with Gasteiger partial charge in [-0.2, -0.15) is 0 Å². The minimum atomic E-state index is -0.305. The van der Waals surface area contributed by atoms with Gasteiger partial charge < -0.3 is 16.0 Å². The normalized spacial score (nSPS) is 10.7. The van der Waals surface area contributed by atoms with Gasteiger partial charge in [0.05, 0.1) is 6.54 Å². The molecular formula is C10H21N3O2. The molecule has 0 saturated heterocycles. The number of nitrogens with one attached hydrogen (secondary N) is 3. The van der Waals surface area contributed by atoms with E-state index in [2.05, 4.69) is 16.0 Å². The first kappa shape index (κ1) is 13.7. The Hall–Kier alpha value is -1.26.